The molecule has 0 radical (unpaired) electrons. The molecule has 0 aromatic heterocycles. The van der Waals surface area contributed by atoms with Crippen molar-refractivity contribution in [2.24, 2.45) is 17.8 Å². The molecule has 0 aliphatic heterocycles. The number of halogens is 3. The van der Waals surface area contributed by atoms with E-state index in [-0.39, 0.29) is 37.0 Å². The van der Waals surface area contributed by atoms with Gasteiger partial charge >= 0.3 is 12.1 Å². The predicted molar refractivity (Wildman–Crippen MR) is 68.4 cm³/mol. The summed E-state index contributed by atoms with van der Waals surface area (Å²) < 4.78 is 37.6. The summed E-state index contributed by atoms with van der Waals surface area (Å²) in [5.41, 5.74) is 0. The van der Waals surface area contributed by atoms with Crippen molar-refractivity contribution in [2.75, 3.05) is 0 Å². The first-order valence-electron chi connectivity index (χ1n) is 7.36. The Morgan fingerprint density at radius 2 is 1.67 bits per heavy atom. The van der Waals surface area contributed by atoms with Gasteiger partial charge in [-0.05, 0) is 50.4 Å². The molecule has 2 fully saturated rings. The molecule has 1 amide bonds. The number of amides is 1. The van der Waals surface area contributed by atoms with E-state index in [1.54, 1.807) is 0 Å². The molecule has 0 bridgehead atoms. The van der Waals surface area contributed by atoms with Crippen molar-refractivity contribution in [3.05, 3.63) is 0 Å². The SMILES string of the molecule is O=C(CC1CCC(C(F)(F)F)CC1)NC(C(=O)O)C1CC1. The first-order chi connectivity index (χ1) is 9.77. The van der Waals surface area contributed by atoms with E-state index in [4.69, 9.17) is 5.11 Å². The van der Waals surface area contributed by atoms with E-state index in [2.05, 4.69) is 5.32 Å². The van der Waals surface area contributed by atoms with E-state index < -0.39 is 24.1 Å². The lowest BCUT2D eigenvalue weighted by Crippen LogP contribution is -2.43. The fourth-order valence-electron chi connectivity index (χ4n) is 3.00. The van der Waals surface area contributed by atoms with Crippen LogP contribution in [0.5, 0.6) is 0 Å². The number of carboxylic acids is 1. The molecule has 0 aromatic carbocycles. The fourth-order valence-corrected chi connectivity index (χ4v) is 3.00. The maximum atomic E-state index is 12.5. The van der Waals surface area contributed by atoms with Crippen LogP contribution in [0.4, 0.5) is 13.2 Å². The summed E-state index contributed by atoms with van der Waals surface area (Å²) in [6.45, 7) is 0. The second-order valence-electron chi connectivity index (χ2n) is 6.18. The molecule has 2 saturated carbocycles. The molecule has 120 valence electrons. The van der Waals surface area contributed by atoms with Crippen LogP contribution >= 0.6 is 0 Å². The van der Waals surface area contributed by atoms with Gasteiger partial charge in [-0.1, -0.05) is 0 Å². The van der Waals surface area contributed by atoms with Crippen LogP contribution in [0.2, 0.25) is 0 Å². The lowest BCUT2D eigenvalue weighted by atomic mass is 9.80. The Labute approximate surface area is 121 Å². The summed E-state index contributed by atoms with van der Waals surface area (Å²) in [5, 5.41) is 11.5. The van der Waals surface area contributed by atoms with Gasteiger partial charge in [-0.15, -0.1) is 0 Å². The zero-order valence-electron chi connectivity index (χ0n) is 11.7. The molecule has 2 aliphatic carbocycles. The molecule has 0 heterocycles. The van der Waals surface area contributed by atoms with Gasteiger partial charge in [0.1, 0.15) is 6.04 Å². The van der Waals surface area contributed by atoms with Crippen LogP contribution in [0.1, 0.15) is 44.9 Å². The van der Waals surface area contributed by atoms with Crippen molar-refractivity contribution in [2.45, 2.75) is 57.2 Å². The van der Waals surface area contributed by atoms with E-state index >= 15 is 0 Å². The van der Waals surface area contributed by atoms with Gasteiger partial charge in [0.05, 0.1) is 5.92 Å². The van der Waals surface area contributed by atoms with Crippen LogP contribution in [-0.4, -0.2) is 29.2 Å². The topological polar surface area (TPSA) is 66.4 Å². The first kappa shape index (κ1) is 16.1. The number of rotatable bonds is 5. The maximum absolute atomic E-state index is 12.5. The minimum Gasteiger partial charge on any atom is -0.480 e. The Bertz CT molecular complexity index is 399. The Balaban J connectivity index is 1.75. The molecule has 0 saturated heterocycles. The number of aliphatic carboxylic acids is 1. The average Bonchev–Trinajstić information content (AvgIpc) is 3.19. The van der Waals surface area contributed by atoms with E-state index in [1.165, 1.54) is 0 Å². The fraction of sp³-hybridized carbons (Fsp3) is 0.857. The van der Waals surface area contributed by atoms with E-state index in [0.29, 0.717) is 12.8 Å². The molecule has 1 atom stereocenters. The predicted octanol–water partition coefficient (Wildman–Crippen LogP) is 2.72. The molecular weight excluding hydrogens is 287 g/mol. The Hall–Kier alpha value is -1.27. The Morgan fingerprint density at radius 3 is 2.10 bits per heavy atom. The second kappa shape index (κ2) is 6.23. The molecule has 2 aliphatic rings. The summed E-state index contributed by atoms with van der Waals surface area (Å²) >= 11 is 0. The van der Waals surface area contributed by atoms with Gasteiger partial charge in [-0.25, -0.2) is 4.79 Å². The Morgan fingerprint density at radius 1 is 1.10 bits per heavy atom. The van der Waals surface area contributed by atoms with Gasteiger partial charge in [0.15, 0.2) is 0 Å². The number of hydrogen-bond acceptors (Lipinski definition) is 2. The lowest BCUT2D eigenvalue weighted by Gasteiger charge is -2.29. The molecule has 2 rings (SSSR count). The number of carboxylic acid groups (broad SMARTS) is 1. The summed E-state index contributed by atoms with van der Waals surface area (Å²) in [6, 6.07) is -0.844. The van der Waals surface area contributed by atoms with Crippen molar-refractivity contribution in [1.82, 2.24) is 5.32 Å². The number of hydrogen-bond donors (Lipinski definition) is 2. The first-order valence-corrected chi connectivity index (χ1v) is 7.36. The summed E-state index contributed by atoms with van der Waals surface area (Å²) in [7, 11) is 0. The summed E-state index contributed by atoms with van der Waals surface area (Å²) in [5.74, 6) is -2.71. The van der Waals surface area contributed by atoms with Gasteiger partial charge < -0.3 is 10.4 Å². The highest BCUT2D eigenvalue weighted by molar-refractivity contribution is 5.84. The van der Waals surface area contributed by atoms with Crippen LogP contribution in [0.25, 0.3) is 0 Å². The monoisotopic (exact) mass is 307 g/mol. The molecular formula is C14H20F3NO3. The third-order valence-corrected chi connectivity index (χ3v) is 4.46. The molecule has 0 spiro atoms. The van der Waals surface area contributed by atoms with Crippen LogP contribution < -0.4 is 5.32 Å². The lowest BCUT2D eigenvalue weighted by molar-refractivity contribution is -0.184. The molecule has 4 nitrogen and oxygen atoms in total. The third kappa shape index (κ3) is 4.61. The zero-order valence-corrected chi connectivity index (χ0v) is 11.7. The molecule has 2 N–H and O–H groups in total. The van der Waals surface area contributed by atoms with Gasteiger partial charge in [-0.2, -0.15) is 13.2 Å². The largest absolute Gasteiger partial charge is 0.480 e. The molecule has 1 unspecified atom stereocenters. The number of alkyl halides is 3. The van der Waals surface area contributed by atoms with Crippen molar-refractivity contribution in [3.8, 4) is 0 Å². The summed E-state index contributed by atoms with van der Waals surface area (Å²) in [6.07, 6.45) is -1.55. The van der Waals surface area contributed by atoms with Crippen LogP contribution in [0, 0.1) is 17.8 Å². The normalized spacial score (nSPS) is 28.0. The van der Waals surface area contributed by atoms with Gasteiger partial charge in [-0.3, -0.25) is 4.79 Å². The number of carbonyl (C=O) groups is 2. The number of carbonyl (C=O) groups excluding carboxylic acids is 1. The zero-order chi connectivity index (χ0) is 15.6. The van der Waals surface area contributed by atoms with Crippen molar-refractivity contribution in [1.29, 1.82) is 0 Å². The Kier molecular flexibility index (Phi) is 4.78. The van der Waals surface area contributed by atoms with Gasteiger partial charge in [0.25, 0.3) is 0 Å². The van der Waals surface area contributed by atoms with Gasteiger partial charge in [0, 0.05) is 6.42 Å². The molecule has 7 heteroatoms. The summed E-state index contributed by atoms with van der Waals surface area (Å²) in [4.78, 5) is 22.9. The van der Waals surface area contributed by atoms with Gasteiger partial charge in [0.2, 0.25) is 5.91 Å². The van der Waals surface area contributed by atoms with Crippen molar-refractivity contribution >= 4 is 11.9 Å². The van der Waals surface area contributed by atoms with Crippen LogP contribution in [-0.2, 0) is 9.59 Å². The smallest absolute Gasteiger partial charge is 0.391 e. The minimum atomic E-state index is -4.15. The van der Waals surface area contributed by atoms with Crippen LogP contribution in [0.3, 0.4) is 0 Å². The third-order valence-electron chi connectivity index (χ3n) is 4.46. The molecule has 21 heavy (non-hydrogen) atoms. The quantitative estimate of drug-likeness (QED) is 0.820. The maximum Gasteiger partial charge on any atom is 0.391 e. The number of nitrogens with one attached hydrogen (secondary N) is 1. The second-order valence-corrected chi connectivity index (χ2v) is 6.18. The highest BCUT2D eigenvalue weighted by Gasteiger charge is 2.42. The average molecular weight is 307 g/mol. The highest BCUT2D eigenvalue weighted by Crippen LogP contribution is 2.40. The van der Waals surface area contributed by atoms with E-state index in [0.717, 1.165) is 12.8 Å². The highest BCUT2D eigenvalue weighted by atomic mass is 19.4. The molecule has 0 aromatic rings. The standard InChI is InChI=1S/C14H20F3NO3/c15-14(16,17)10-5-1-8(2-6-10)7-11(19)18-12(13(20)21)9-3-4-9/h8-10,12H,1-7H2,(H,18,19)(H,20,21). The van der Waals surface area contributed by atoms with Crippen molar-refractivity contribution < 1.29 is 27.9 Å². The van der Waals surface area contributed by atoms with Crippen molar-refractivity contribution in [3.63, 3.8) is 0 Å². The van der Waals surface area contributed by atoms with Crippen LogP contribution in [0.15, 0.2) is 0 Å². The van der Waals surface area contributed by atoms with E-state index in [1.807, 2.05) is 0 Å². The minimum absolute atomic E-state index is 0.00687. The van der Waals surface area contributed by atoms with E-state index in [9.17, 15) is 22.8 Å².